The van der Waals surface area contributed by atoms with Crippen molar-refractivity contribution >= 4 is 22.0 Å². The molecule has 1 N–H and O–H groups in total. The van der Waals surface area contributed by atoms with E-state index in [1.165, 1.54) is 12.1 Å². The Morgan fingerprint density at radius 3 is 2.91 bits per heavy atom. The lowest BCUT2D eigenvalue weighted by molar-refractivity contribution is 0.0288. The third-order valence-electron chi connectivity index (χ3n) is 3.69. The smallest absolute Gasteiger partial charge is 0.410 e. The van der Waals surface area contributed by atoms with Gasteiger partial charge in [-0.3, -0.25) is 0 Å². The van der Waals surface area contributed by atoms with E-state index in [9.17, 15) is 9.18 Å². The fourth-order valence-electron chi connectivity index (χ4n) is 2.58. The van der Waals surface area contributed by atoms with E-state index >= 15 is 0 Å². The highest BCUT2D eigenvalue weighted by Crippen LogP contribution is 2.20. The predicted molar refractivity (Wildman–Crippen MR) is 91.7 cm³/mol. The molecule has 1 saturated heterocycles. The first-order valence-electron chi connectivity index (χ1n) is 7.87. The summed E-state index contributed by atoms with van der Waals surface area (Å²) in [4.78, 5) is 13.8. The zero-order chi connectivity index (χ0) is 17.0. The minimum Gasteiger partial charge on any atom is -0.444 e. The molecule has 4 nitrogen and oxygen atoms in total. The zero-order valence-electron chi connectivity index (χ0n) is 13.9. The Morgan fingerprint density at radius 1 is 1.48 bits per heavy atom. The number of carbonyl (C=O) groups excluding carboxylic acids is 1. The summed E-state index contributed by atoms with van der Waals surface area (Å²) in [6, 6.07) is 4.67. The number of hydrogen-bond acceptors (Lipinski definition) is 3. The molecule has 0 aliphatic carbocycles. The molecule has 1 amide bonds. The molecule has 1 aromatic carbocycles. The van der Waals surface area contributed by atoms with E-state index in [-0.39, 0.29) is 11.9 Å². The number of rotatable bonds is 4. The van der Waals surface area contributed by atoms with Crippen LogP contribution in [-0.2, 0) is 11.3 Å². The van der Waals surface area contributed by atoms with Crippen molar-refractivity contribution in [2.24, 2.45) is 5.92 Å². The molecule has 128 valence electrons. The molecule has 0 spiro atoms. The SMILES string of the molecule is CC(C)(C)OC(=O)N1CCC(CNCc2cc(F)ccc2Br)C1. The molecule has 1 fully saturated rings. The van der Waals surface area contributed by atoms with Gasteiger partial charge in [-0.1, -0.05) is 15.9 Å². The van der Waals surface area contributed by atoms with Gasteiger partial charge in [0.15, 0.2) is 0 Å². The standard InChI is InChI=1S/C17H24BrFN2O2/c1-17(2,3)23-16(22)21-7-6-12(11-21)9-20-10-13-8-14(19)4-5-15(13)18/h4-5,8,12,20H,6-7,9-11H2,1-3H3. The predicted octanol–water partition coefficient (Wildman–Crippen LogP) is 3.93. The summed E-state index contributed by atoms with van der Waals surface area (Å²) >= 11 is 3.42. The Balaban J connectivity index is 1.76. The fraction of sp³-hybridized carbons (Fsp3) is 0.588. The normalized spacial score (nSPS) is 18.3. The lowest BCUT2D eigenvalue weighted by Gasteiger charge is -2.24. The van der Waals surface area contributed by atoms with Crippen molar-refractivity contribution in [3.05, 3.63) is 34.1 Å². The van der Waals surface area contributed by atoms with Crippen LogP contribution >= 0.6 is 15.9 Å². The third kappa shape index (κ3) is 5.77. The van der Waals surface area contributed by atoms with Crippen LogP contribution in [0.2, 0.25) is 0 Å². The molecule has 1 atom stereocenters. The second-order valence-electron chi connectivity index (χ2n) is 6.95. The highest BCUT2D eigenvalue weighted by Gasteiger charge is 2.29. The van der Waals surface area contributed by atoms with Gasteiger partial charge in [-0.15, -0.1) is 0 Å². The van der Waals surface area contributed by atoms with E-state index in [0.29, 0.717) is 19.0 Å². The fourth-order valence-corrected chi connectivity index (χ4v) is 2.97. The molecular formula is C17H24BrFN2O2. The largest absolute Gasteiger partial charge is 0.444 e. The van der Waals surface area contributed by atoms with E-state index in [4.69, 9.17) is 4.74 Å². The van der Waals surface area contributed by atoms with Crippen LogP contribution < -0.4 is 5.32 Å². The van der Waals surface area contributed by atoms with Crippen molar-refractivity contribution in [2.75, 3.05) is 19.6 Å². The van der Waals surface area contributed by atoms with Crippen LogP contribution in [0.25, 0.3) is 0 Å². The molecule has 6 heteroatoms. The summed E-state index contributed by atoms with van der Waals surface area (Å²) < 4.78 is 19.5. The maximum Gasteiger partial charge on any atom is 0.410 e. The summed E-state index contributed by atoms with van der Waals surface area (Å²) in [5.74, 6) is 0.164. The van der Waals surface area contributed by atoms with E-state index in [1.807, 2.05) is 20.8 Å². The van der Waals surface area contributed by atoms with Crippen LogP contribution in [0.1, 0.15) is 32.8 Å². The lowest BCUT2D eigenvalue weighted by Crippen LogP contribution is -2.36. The second kappa shape index (κ2) is 7.62. The van der Waals surface area contributed by atoms with Crippen molar-refractivity contribution in [1.82, 2.24) is 10.2 Å². The molecule has 0 radical (unpaired) electrons. The molecule has 1 heterocycles. The van der Waals surface area contributed by atoms with Crippen molar-refractivity contribution in [3.63, 3.8) is 0 Å². The summed E-state index contributed by atoms with van der Waals surface area (Å²) in [5.41, 5.74) is 0.434. The molecule has 0 aromatic heterocycles. The minimum atomic E-state index is -0.461. The second-order valence-corrected chi connectivity index (χ2v) is 7.80. The van der Waals surface area contributed by atoms with Crippen molar-refractivity contribution in [3.8, 4) is 0 Å². The molecular weight excluding hydrogens is 363 g/mol. The van der Waals surface area contributed by atoms with Gasteiger partial charge in [0.05, 0.1) is 0 Å². The van der Waals surface area contributed by atoms with Crippen molar-refractivity contribution < 1.29 is 13.9 Å². The summed E-state index contributed by atoms with van der Waals surface area (Å²) in [5, 5.41) is 3.34. The average Bonchev–Trinajstić information content (AvgIpc) is 2.90. The summed E-state index contributed by atoms with van der Waals surface area (Å²) in [6.45, 7) is 8.44. The van der Waals surface area contributed by atoms with Crippen LogP contribution in [0, 0.1) is 11.7 Å². The third-order valence-corrected chi connectivity index (χ3v) is 4.47. The Kier molecular flexibility index (Phi) is 6.03. The maximum absolute atomic E-state index is 13.2. The lowest BCUT2D eigenvalue weighted by atomic mass is 10.1. The van der Waals surface area contributed by atoms with Crippen molar-refractivity contribution in [1.29, 1.82) is 0 Å². The molecule has 1 aliphatic heterocycles. The van der Waals surface area contributed by atoms with Gasteiger partial charge in [0.2, 0.25) is 0 Å². The van der Waals surface area contributed by atoms with Gasteiger partial charge in [-0.05, 0) is 56.9 Å². The quantitative estimate of drug-likeness (QED) is 0.851. The number of halogens is 2. The first-order valence-corrected chi connectivity index (χ1v) is 8.66. The van der Waals surface area contributed by atoms with Crippen LogP contribution in [0.5, 0.6) is 0 Å². The number of benzene rings is 1. The highest BCUT2D eigenvalue weighted by molar-refractivity contribution is 9.10. The molecule has 2 rings (SSSR count). The number of ether oxygens (including phenoxy) is 1. The first-order chi connectivity index (χ1) is 10.7. The zero-order valence-corrected chi connectivity index (χ0v) is 15.5. The number of nitrogens with zero attached hydrogens (tertiary/aromatic N) is 1. The van der Waals surface area contributed by atoms with Crippen LogP contribution in [-0.4, -0.2) is 36.2 Å². The Morgan fingerprint density at radius 2 is 2.22 bits per heavy atom. The van der Waals surface area contributed by atoms with E-state index in [1.54, 1.807) is 11.0 Å². The molecule has 0 saturated carbocycles. The van der Waals surface area contributed by atoms with Crippen LogP contribution in [0.3, 0.4) is 0 Å². The van der Waals surface area contributed by atoms with E-state index < -0.39 is 5.60 Å². The summed E-state index contributed by atoms with van der Waals surface area (Å²) in [7, 11) is 0. The number of hydrogen-bond donors (Lipinski definition) is 1. The highest BCUT2D eigenvalue weighted by atomic mass is 79.9. The van der Waals surface area contributed by atoms with Gasteiger partial charge < -0.3 is 15.0 Å². The maximum atomic E-state index is 13.2. The van der Waals surface area contributed by atoms with Crippen molar-refractivity contribution in [2.45, 2.75) is 39.3 Å². The molecule has 1 unspecified atom stereocenters. The van der Waals surface area contributed by atoms with Gasteiger partial charge in [0.25, 0.3) is 0 Å². The van der Waals surface area contributed by atoms with Gasteiger partial charge in [-0.2, -0.15) is 0 Å². The Hall–Kier alpha value is -1.14. The van der Waals surface area contributed by atoms with E-state index in [0.717, 1.165) is 29.5 Å². The Bertz CT molecular complexity index is 560. The Labute approximate surface area is 145 Å². The van der Waals surface area contributed by atoms with Gasteiger partial charge in [0, 0.05) is 30.7 Å². The summed E-state index contributed by atoms with van der Waals surface area (Å²) in [6.07, 6.45) is 0.712. The minimum absolute atomic E-state index is 0.234. The molecule has 0 bridgehead atoms. The number of amides is 1. The topological polar surface area (TPSA) is 41.6 Å². The molecule has 1 aromatic rings. The van der Waals surface area contributed by atoms with E-state index in [2.05, 4.69) is 21.2 Å². The number of carbonyl (C=O) groups is 1. The molecule has 1 aliphatic rings. The van der Waals surface area contributed by atoms with Gasteiger partial charge >= 0.3 is 6.09 Å². The van der Waals surface area contributed by atoms with Crippen LogP contribution in [0.4, 0.5) is 9.18 Å². The number of nitrogens with one attached hydrogen (secondary N) is 1. The first kappa shape index (κ1) is 18.2. The van der Waals surface area contributed by atoms with Gasteiger partial charge in [0.1, 0.15) is 11.4 Å². The number of likely N-dealkylation sites (tertiary alicyclic amines) is 1. The van der Waals surface area contributed by atoms with Crippen LogP contribution in [0.15, 0.2) is 22.7 Å². The monoisotopic (exact) mass is 386 g/mol. The molecule has 23 heavy (non-hydrogen) atoms. The van der Waals surface area contributed by atoms with Gasteiger partial charge in [-0.25, -0.2) is 9.18 Å². The average molecular weight is 387 g/mol.